The molecule has 0 aliphatic heterocycles. The Balaban J connectivity index is 1.44. The molecule has 1 aromatic heterocycles. The summed E-state index contributed by atoms with van der Waals surface area (Å²) >= 11 is 0. The van der Waals surface area contributed by atoms with Gasteiger partial charge in [0.2, 0.25) is 10.0 Å². The number of hydrogen-bond donors (Lipinski definition) is 2. The van der Waals surface area contributed by atoms with Gasteiger partial charge in [-0.2, -0.15) is 0 Å². The van der Waals surface area contributed by atoms with Crippen LogP contribution in [0.4, 0.5) is 0 Å². The molecule has 7 heteroatoms. The quantitative estimate of drug-likeness (QED) is 0.681. The average Bonchev–Trinajstić information content (AvgIpc) is 3.06. The third kappa shape index (κ3) is 4.21. The molecule has 6 nitrogen and oxygen atoms in total. The van der Waals surface area contributed by atoms with Crippen LogP contribution in [0.25, 0.3) is 10.8 Å². The number of benzene rings is 2. The van der Waals surface area contributed by atoms with E-state index in [0.29, 0.717) is 11.7 Å². The molecule has 142 valence electrons. The van der Waals surface area contributed by atoms with Crippen molar-refractivity contribution in [3.8, 4) is 0 Å². The minimum absolute atomic E-state index is 0.174. The molecule has 4 rings (SSSR count). The van der Waals surface area contributed by atoms with Gasteiger partial charge in [-0.3, -0.25) is 0 Å². The van der Waals surface area contributed by atoms with Crippen LogP contribution in [0.5, 0.6) is 0 Å². The van der Waals surface area contributed by atoms with Gasteiger partial charge in [0.25, 0.3) is 0 Å². The normalized spacial score (nSPS) is 17.1. The molecule has 0 saturated carbocycles. The summed E-state index contributed by atoms with van der Waals surface area (Å²) in [6.07, 6.45) is 3.73. The Labute approximate surface area is 159 Å². The molecule has 3 aromatic rings. The van der Waals surface area contributed by atoms with Crippen molar-refractivity contribution >= 4 is 20.8 Å². The first-order valence-electron chi connectivity index (χ1n) is 9.10. The molecule has 0 amide bonds. The molecule has 1 unspecified atom stereocenters. The van der Waals surface area contributed by atoms with Gasteiger partial charge < -0.3 is 9.84 Å². The zero-order valence-corrected chi connectivity index (χ0v) is 16.1. The molecule has 1 aliphatic carbocycles. The van der Waals surface area contributed by atoms with Crippen LogP contribution in [0.3, 0.4) is 0 Å². The Morgan fingerprint density at radius 2 is 1.96 bits per heavy atom. The van der Waals surface area contributed by atoms with E-state index in [9.17, 15) is 8.42 Å². The molecule has 2 N–H and O–H groups in total. The molecule has 0 radical (unpaired) electrons. The Hall–Kier alpha value is -2.22. The van der Waals surface area contributed by atoms with Crippen LogP contribution in [-0.4, -0.2) is 25.9 Å². The molecule has 0 saturated heterocycles. The average molecular weight is 385 g/mol. The molecular weight excluding hydrogens is 362 g/mol. The minimum atomic E-state index is -3.25. The highest BCUT2D eigenvalue weighted by molar-refractivity contribution is 7.88. The van der Waals surface area contributed by atoms with Crippen molar-refractivity contribution in [2.24, 2.45) is 0 Å². The summed E-state index contributed by atoms with van der Waals surface area (Å²) in [4.78, 5) is 0. The fourth-order valence-electron chi connectivity index (χ4n) is 3.68. The van der Waals surface area contributed by atoms with E-state index in [-0.39, 0.29) is 6.54 Å². The lowest BCUT2D eigenvalue weighted by atomic mass is 9.91. The Bertz CT molecular complexity index is 1050. The standard InChI is InChI=1S/C20H23N3O3S/c1-27(24,25)22-13-19-18-11-16(9-10-20(18)26-23-19)21-12-15-7-4-6-14-5-2-3-8-17(14)15/h2-8,16,21-22H,9-13H2,1H3. The van der Waals surface area contributed by atoms with E-state index < -0.39 is 10.0 Å². The van der Waals surface area contributed by atoms with E-state index in [4.69, 9.17) is 4.52 Å². The number of hydrogen-bond acceptors (Lipinski definition) is 5. The second kappa shape index (κ2) is 7.42. The van der Waals surface area contributed by atoms with Crippen molar-refractivity contribution in [3.63, 3.8) is 0 Å². The van der Waals surface area contributed by atoms with Gasteiger partial charge in [0.1, 0.15) is 11.5 Å². The molecule has 1 heterocycles. The maximum atomic E-state index is 11.3. The van der Waals surface area contributed by atoms with Crippen LogP contribution >= 0.6 is 0 Å². The summed E-state index contributed by atoms with van der Waals surface area (Å²) < 4.78 is 30.6. The number of nitrogens with zero attached hydrogens (tertiary/aromatic N) is 1. The number of fused-ring (bicyclic) bond motifs is 2. The van der Waals surface area contributed by atoms with Crippen molar-refractivity contribution < 1.29 is 12.9 Å². The van der Waals surface area contributed by atoms with Crippen molar-refractivity contribution in [2.75, 3.05) is 6.26 Å². The highest BCUT2D eigenvalue weighted by Gasteiger charge is 2.25. The lowest BCUT2D eigenvalue weighted by molar-refractivity contribution is 0.351. The highest BCUT2D eigenvalue weighted by Crippen LogP contribution is 2.25. The maximum absolute atomic E-state index is 11.3. The van der Waals surface area contributed by atoms with E-state index in [2.05, 4.69) is 57.7 Å². The van der Waals surface area contributed by atoms with Crippen molar-refractivity contribution in [1.29, 1.82) is 0 Å². The number of rotatable bonds is 6. The number of sulfonamides is 1. The van der Waals surface area contributed by atoms with E-state index in [1.165, 1.54) is 16.3 Å². The monoisotopic (exact) mass is 385 g/mol. The topological polar surface area (TPSA) is 84.2 Å². The summed E-state index contributed by atoms with van der Waals surface area (Å²) in [7, 11) is -3.25. The first kappa shape index (κ1) is 18.2. The Morgan fingerprint density at radius 1 is 1.15 bits per heavy atom. The molecule has 27 heavy (non-hydrogen) atoms. The third-order valence-electron chi connectivity index (χ3n) is 5.08. The van der Waals surface area contributed by atoms with Gasteiger partial charge in [0, 0.05) is 24.6 Å². The Kier molecular flexibility index (Phi) is 4.99. The maximum Gasteiger partial charge on any atom is 0.209 e. The summed E-state index contributed by atoms with van der Waals surface area (Å²) in [5, 5.41) is 10.2. The van der Waals surface area contributed by atoms with Gasteiger partial charge in [-0.05, 0) is 29.2 Å². The lowest BCUT2D eigenvalue weighted by Crippen LogP contribution is -2.34. The summed E-state index contributed by atoms with van der Waals surface area (Å²) in [6, 6.07) is 15.1. The number of nitrogens with one attached hydrogen (secondary N) is 2. The molecule has 1 atom stereocenters. The zero-order valence-electron chi connectivity index (χ0n) is 15.2. The van der Waals surface area contributed by atoms with Crippen molar-refractivity contribution in [2.45, 2.75) is 38.4 Å². The van der Waals surface area contributed by atoms with Gasteiger partial charge in [-0.1, -0.05) is 47.6 Å². The smallest absolute Gasteiger partial charge is 0.209 e. The van der Waals surface area contributed by atoms with E-state index in [1.807, 2.05) is 0 Å². The highest BCUT2D eigenvalue weighted by atomic mass is 32.2. The lowest BCUT2D eigenvalue weighted by Gasteiger charge is -2.23. The predicted molar refractivity (Wildman–Crippen MR) is 105 cm³/mol. The fraction of sp³-hybridized carbons (Fsp3) is 0.350. The van der Waals surface area contributed by atoms with Crippen LogP contribution in [0.15, 0.2) is 47.0 Å². The zero-order chi connectivity index (χ0) is 18.9. The molecule has 0 spiro atoms. The summed E-state index contributed by atoms with van der Waals surface area (Å²) in [5.74, 6) is 0.878. The summed E-state index contributed by atoms with van der Waals surface area (Å²) in [5.41, 5.74) is 3.00. The minimum Gasteiger partial charge on any atom is -0.361 e. The van der Waals surface area contributed by atoms with Crippen LogP contribution < -0.4 is 10.0 Å². The van der Waals surface area contributed by atoms with Gasteiger partial charge in [0.05, 0.1) is 12.8 Å². The van der Waals surface area contributed by atoms with Crippen molar-refractivity contribution in [1.82, 2.24) is 15.2 Å². The van der Waals surface area contributed by atoms with Crippen LogP contribution in [0.1, 0.15) is 29.0 Å². The second-order valence-electron chi connectivity index (χ2n) is 7.08. The first-order valence-corrected chi connectivity index (χ1v) is 11.0. The first-order chi connectivity index (χ1) is 13.0. The van der Waals surface area contributed by atoms with Gasteiger partial charge >= 0.3 is 0 Å². The van der Waals surface area contributed by atoms with Gasteiger partial charge in [-0.25, -0.2) is 13.1 Å². The van der Waals surface area contributed by atoms with Crippen molar-refractivity contribution in [3.05, 3.63) is 65.0 Å². The number of aryl methyl sites for hydroxylation is 1. The molecular formula is C20H23N3O3S. The summed E-state index contributed by atoms with van der Waals surface area (Å²) in [6.45, 7) is 0.970. The third-order valence-corrected chi connectivity index (χ3v) is 5.75. The number of aromatic nitrogens is 1. The second-order valence-corrected chi connectivity index (χ2v) is 8.92. The van der Waals surface area contributed by atoms with E-state index in [0.717, 1.165) is 43.4 Å². The molecule has 1 aliphatic rings. The van der Waals surface area contributed by atoms with E-state index >= 15 is 0 Å². The predicted octanol–water partition coefficient (Wildman–Crippen LogP) is 2.52. The molecule has 0 bridgehead atoms. The van der Waals surface area contributed by atoms with Gasteiger partial charge in [0.15, 0.2) is 0 Å². The molecule has 0 fully saturated rings. The fourth-order valence-corrected chi connectivity index (χ4v) is 4.08. The van der Waals surface area contributed by atoms with Crippen LogP contribution in [0, 0.1) is 0 Å². The van der Waals surface area contributed by atoms with Gasteiger partial charge in [-0.15, -0.1) is 0 Å². The Morgan fingerprint density at radius 3 is 2.81 bits per heavy atom. The van der Waals surface area contributed by atoms with Crippen LogP contribution in [0.2, 0.25) is 0 Å². The SMILES string of the molecule is CS(=O)(=O)NCc1noc2c1CC(NCc1cccc3ccccc13)CC2. The largest absolute Gasteiger partial charge is 0.361 e. The van der Waals surface area contributed by atoms with E-state index in [1.54, 1.807) is 0 Å². The molecule has 2 aromatic carbocycles. The van der Waals surface area contributed by atoms with Crippen LogP contribution in [-0.2, 0) is 36.0 Å².